The first-order valence-corrected chi connectivity index (χ1v) is 11.4. The molecule has 3 heterocycles. The van der Waals surface area contributed by atoms with Crippen molar-refractivity contribution in [3.8, 4) is 0 Å². The second kappa shape index (κ2) is 9.08. The molecule has 1 aromatic carbocycles. The molecule has 1 unspecified atom stereocenters. The Morgan fingerprint density at radius 1 is 1.22 bits per heavy atom. The quantitative estimate of drug-likeness (QED) is 0.531. The molecular weight excluding hydrogens is 451 g/mol. The molecule has 7 nitrogen and oxygen atoms in total. The lowest BCUT2D eigenvalue weighted by molar-refractivity contribution is -0.121. The van der Waals surface area contributed by atoms with Gasteiger partial charge >= 0.3 is 0 Å². The number of fused-ring (bicyclic) bond motifs is 1. The van der Waals surface area contributed by atoms with E-state index >= 15 is 0 Å². The van der Waals surface area contributed by atoms with Crippen LogP contribution in [0, 0.1) is 6.92 Å². The summed E-state index contributed by atoms with van der Waals surface area (Å²) in [5.74, 6) is -0.407. The molecule has 0 bridgehead atoms. The van der Waals surface area contributed by atoms with Gasteiger partial charge in [-0.25, -0.2) is 4.98 Å². The Kier molecular flexibility index (Phi) is 6.40. The predicted octanol–water partition coefficient (Wildman–Crippen LogP) is 5.59. The Balaban J connectivity index is 1.67. The van der Waals surface area contributed by atoms with Crippen molar-refractivity contribution >= 4 is 51.8 Å². The number of rotatable bonds is 4. The zero-order valence-electron chi connectivity index (χ0n) is 18.1. The van der Waals surface area contributed by atoms with Crippen molar-refractivity contribution in [3.63, 3.8) is 0 Å². The lowest BCUT2D eigenvalue weighted by Gasteiger charge is -2.35. The largest absolute Gasteiger partial charge is 0.336 e. The van der Waals surface area contributed by atoms with Gasteiger partial charge in [0.25, 0.3) is 11.6 Å². The van der Waals surface area contributed by atoms with E-state index < -0.39 is 6.04 Å². The van der Waals surface area contributed by atoms with E-state index in [2.05, 4.69) is 15.5 Å². The number of likely N-dealkylation sites (tertiary alicyclic amines) is 1. The van der Waals surface area contributed by atoms with E-state index in [0.717, 1.165) is 18.5 Å². The molecule has 1 aliphatic rings. The van der Waals surface area contributed by atoms with Gasteiger partial charge in [0.15, 0.2) is 0 Å². The molecule has 0 spiro atoms. The Labute approximate surface area is 196 Å². The standard InChI is InChI=1S/C23H24Cl2N4O3/c1-12(2)18-11-15(20-13(3)28-32-22(20)27-18)23(31)29-9-5-4-6-19(29)21(30)26-17-8-7-14(24)10-16(17)25/h7-8,10-12,19H,4-6,9H2,1-3H3,(H,26,30). The van der Waals surface area contributed by atoms with Crippen LogP contribution in [0.15, 0.2) is 28.8 Å². The van der Waals surface area contributed by atoms with Crippen LogP contribution in [0.4, 0.5) is 5.69 Å². The van der Waals surface area contributed by atoms with Crippen molar-refractivity contribution in [3.05, 3.63) is 51.3 Å². The Hall–Kier alpha value is -2.64. The smallest absolute Gasteiger partial charge is 0.259 e. The third-order valence-corrected chi connectivity index (χ3v) is 6.26. The average Bonchev–Trinajstić information content (AvgIpc) is 3.15. The highest BCUT2D eigenvalue weighted by Crippen LogP contribution is 2.30. The van der Waals surface area contributed by atoms with Crippen molar-refractivity contribution in [1.82, 2.24) is 15.0 Å². The zero-order chi connectivity index (χ0) is 23.0. The fourth-order valence-electron chi connectivity index (χ4n) is 3.99. The summed E-state index contributed by atoms with van der Waals surface area (Å²) < 4.78 is 5.36. The van der Waals surface area contributed by atoms with Crippen molar-refractivity contribution in [2.75, 3.05) is 11.9 Å². The van der Waals surface area contributed by atoms with E-state index in [9.17, 15) is 9.59 Å². The number of halogens is 2. The summed E-state index contributed by atoms with van der Waals surface area (Å²) in [6.07, 6.45) is 2.24. The summed E-state index contributed by atoms with van der Waals surface area (Å²) in [7, 11) is 0. The predicted molar refractivity (Wildman–Crippen MR) is 124 cm³/mol. The first-order valence-electron chi connectivity index (χ1n) is 10.6. The number of anilines is 1. The van der Waals surface area contributed by atoms with Crippen LogP contribution in [-0.4, -0.2) is 39.4 Å². The molecule has 0 radical (unpaired) electrons. The maximum atomic E-state index is 13.7. The molecule has 1 aliphatic heterocycles. The zero-order valence-corrected chi connectivity index (χ0v) is 19.6. The second-order valence-corrected chi connectivity index (χ2v) is 9.16. The van der Waals surface area contributed by atoms with E-state index in [0.29, 0.717) is 51.1 Å². The number of nitrogens with zero attached hydrogens (tertiary/aromatic N) is 3. The maximum absolute atomic E-state index is 13.7. The number of nitrogens with one attached hydrogen (secondary N) is 1. The summed E-state index contributed by atoms with van der Waals surface area (Å²) >= 11 is 12.2. The molecule has 2 aromatic heterocycles. The molecule has 0 aliphatic carbocycles. The van der Waals surface area contributed by atoms with Gasteiger partial charge in [-0.15, -0.1) is 0 Å². The number of hydrogen-bond donors (Lipinski definition) is 1. The van der Waals surface area contributed by atoms with E-state index in [1.54, 1.807) is 36.1 Å². The van der Waals surface area contributed by atoms with Crippen molar-refractivity contribution in [2.24, 2.45) is 0 Å². The summed E-state index contributed by atoms with van der Waals surface area (Å²) in [5, 5.41) is 8.26. The highest BCUT2D eigenvalue weighted by Gasteiger charge is 2.34. The van der Waals surface area contributed by atoms with E-state index in [4.69, 9.17) is 27.7 Å². The van der Waals surface area contributed by atoms with Gasteiger partial charge in [0.2, 0.25) is 5.91 Å². The lowest BCUT2D eigenvalue weighted by atomic mass is 9.98. The number of hydrogen-bond acceptors (Lipinski definition) is 5. The number of pyridine rings is 1. The molecule has 168 valence electrons. The minimum absolute atomic E-state index is 0.101. The van der Waals surface area contributed by atoms with Crippen LogP contribution in [-0.2, 0) is 4.79 Å². The number of carbonyl (C=O) groups excluding carboxylic acids is 2. The molecule has 32 heavy (non-hydrogen) atoms. The second-order valence-electron chi connectivity index (χ2n) is 8.32. The van der Waals surface area contributed by atoms with E-state index in [1.165, 1.54) is 0 Å². The van der Waals surface area contributed by atoms with Gasteiger partial charge in [-0.3, -0.25) is 9.59 Å². The van der Waals surface area contributed by atoms with Gasteiger partial charge in [0, 0.05) is 17.3 Å². The topological polar surface area (TPSA) is 88.3 Å². The lowest BCUT2D eigenvalue weighted by Crippen LogP contribution is -2.50. The minimum Gasteiger partial charge on any atom is -0.336 e. The molecule has 1 fully saturated rings. The molecular formula is C23H24Cl2N4O3. The third kappa shape index (κ3) is 4.32. The van der Waals surface area contributed by atoms with Crippen LogP contribution >= 0.6 is 23.2 Å². The highest BCUT2D eigenvalue weighted by molar-refractivity contribution is 6.36. The van der Waals surface area contributed by atoms with Crippen LogP contribution in [0.25, 0.3) is 11.1 Å². The number of aryl methyl sites for hydroxylation is 1. The SMILES string of the molecule is Cc1noc2nc(C(C)C)cc(C(=O)N3CCCCC3C(=O)Nc3ccc(Cl)cc3Cl)c12. The summed E-state index contributed by atoms with van der Waals surface area (Å²) in [6.45, 7) is 6.26. The number of benzene rings is 1. The van der Waals surface area contributed by atoms with E-state index in [1.807, 2.05) is 13.8 Å². The Morgan fingerprint density at radius 2 is 2.00 bits per heavy atom. The monoisotopic (exact) mass is 474 g/mol. The minimum atomic E-state index is -0.617. The maximum Gasteiger partial charge on any atom is 0.259 e. The van der Waals surface area contributed by atoms with Gasteiger partial charge < -0.3 is 14.7 Å². The number of amides is 2. The van der Waals surface area contributed by atoms with Crippen LogP contribution < -0.4 is 5.32 Å². The Bertz CT molecular complexity index is 1190. The van der Waals surface area contributed by atoms with Gasteiger partial charge in [-0.05, 0) is 56.4 Å². The Morgan fingerprint density at radius 3 is 2.72 bits per heavy atom. The molecule has 9 heteroatoms. The third-order valence-electron chi connectivity index (χ3n) is 5.71. The average molecular weight is 475 g/mol. The van der Waals surface area contributed by atoms with Crippen LogP contribution in [0.3, 0.4) is 0 Å². The van der Waals surface area contributed by atoms with Crippen molar-refractivity contribution < 1.29 is 14.1 Å². The summed E-state index contributed by atoms with van der Waals surface area (Å²) in [5.41, 5.74) is 2.59. The van der Waals surface area contributed by atoms with Crippen molar-refractivity contribution in [1.29, 1.82) is 0 Å². The molecule has 1 saturated heterocycles. The van der Waals surface area contributed by atoms with E-state index in [-0.39, 0.29) is 17.7 Å². The molecule has 1 atom stereocenters. The molecule has 4 rings (SSSR count). The van der Waals surface area contributed by atoms with Crippen LogP contribution in [0.1, 0.15) is 60.8 Å². The fraction of sp³-hybridized carbons (Fsp3) is 0.391. The highest BCUT2D eigenvalue weighted by atomic mass is 35.5. The first kappa shape index (κ1) is 22.6. The normalized spacial score (nSPS) is 16.6. The first-order chi connectivity index (χ1) is 15.3. The number of carbonyl (C=O) groups is 2. The molecule has 2 amide bonds. The molecule has 0 saturated carbocycles. The van der Waals surface area contributed by atoms with Gasteiger partial charge in [0.05, 0.1) is 27.4 Å². The summed E-state index contributed by atoms with van der Waals surface area (Å²) in [4.78, 5) is 33.0. The van der Waals surface area contributed by atoms with Gasteiger partial charge in [0.1, 0.15) is 6.04 Å². The number of aromatic nitrogens is 2. The molecule has 3 aromatic rings. The van der Waals surface area contributed by atoms with Crippen LogP contribution in [0.5, 0.6) is 0 Å². The fourth-order valence-corrected chi connectivity index (χ4v) is 4.44. The number of piperidine rings is 1. The van der Waals surface area contributed by atoms with Crippen molar-refractivity contribution in [2.45, 2.75) is 52.0 Å². The van der Waals surface area contributed by atoms with Gasteiger partial charge in [-0.2, -0.15) is 0 Å². The van der Waals surface area contributed by atoms with Crippen LogP contribution in [0.2, 0.25) is 10.0 Å². The summed E-state index contributed by atoms with van der Waals surface area (Å²) in [6, 6.07) is 6.05. The van der Waals surface area contributed by atoms with Gasteiger partial charge in [-0.1, -0.05) is 42.2 Å². The molecule has 1 N–H and O–H groups in total.